The molecule has 1 unspecified atom stereocenters. The average Bonchev–Trinajstić information content (AvgIpc) is 3.00. The lowest BCUT2D eigenvalue weighted by molar-refractivity contribution is -0.138. The molecule has 2 fully saturated rings. The van der Waals surface area contributed by atoms with Crippen LogP contribution in [0, 0.1) is 17.6 Å². The summed E-state index contributed by atoms with van der Waals surface area (Å²) < 4.78 is 29.1. The van der Waals surface area contributed by atoms with E-state index in [-0.39, 0.29) is 17.7 Å². The SMILES string of the molecule is CC(C)C(C(=O)N1CCN(CC(=O)N2CCCCCC2)CC1)n1cnc2cc(F)c(F)cc21. The summed E-state index contributed by atoms with van der Waals surface area (Å²) in [5, 5.41) is 0. The molecule has 0 spiro atoms. The largest absolute Gasteiger partial charge is 0.342 e. The van der Waals surface area contributed by atoms with Crippen LogP contribution in [-0.2, 0) is 9.59 Å². The molecule has 2 saturated heterocycles. The fraction of sp³-hybridized carbons (Fsp3) is 0.625. The van der Waals surface area contributed by atoms with E-state index in [9.17, 15) is 18.4 Å². The highest BCUT2D eigenvalue weighted by Gasteiger charge is 2.32. The molecule has 4 rings (SSSR count). The summed E-state index contributed by atoms with van der Waals surface area (Å²) in [6.45, 7) is 8.30. The number of likely N-dealkylation sites (tertiary alicyclic amines) is 1. The van der Waals surface area contributed by atoms with E-state index < -0.39 is 17.7 Å². The Bertz CT molecular complexity index is 992. The van der Waals surface area contributed by atoms with Crippen LogP contribution in [-0.4, -0.2) is 81.9 Å². The zero-order chi connectivity index (χ0) is 23.5. The van der Waals surface area contributed by atoms with Gasteiger partial charge in [0.15, 0.2) is 11.6 Å². The van der Waals surface area contributed by atoms with Crippen LogP contribution >= 0.6 is 0 Å². The molecule has 0 aliphatic carbocycles. The second-order valence-electron chi connectivity index (χ2n) is 9.49. The fourth-order valence-electron chi connectivity index (χ4n) is 4.89. The standard InChI is InChI=1S/C24H33F2N5O2/c1-17(2)23(31-16-27-20-13-18(25)19(26)14-21(20)31)24(33)30-11-9-28(10-12-30)15-22(32)29-7-5-3-4-6-8-29/h13-14,16-17,23H,3-12,15H2,1-2H3. The smallest absolute Gasteiger partial charge is 0.246 e. The third-order valence-electron chi connectivity index (χ3n) is 6.80. The molecule has 33 heavy (non-hydrogen) atoms. The molecule has 0 radical (unpaired) electrons. The van der Waals surface area contributed by atoms with Crippen LogP contribution in [0.25, 0.3) is 11.0 Å². The van der Waals surface area contributed by atoms with Gasteiger partial charge in [0.25, 0.3) is 0 Å². The quantitative estimate of drug-likeness (QED) is 0.687. The molecule has 180 valence electrons. The molecule has 3 heterocycles. The number of halogens is 2. The Balaban J connectivity index is 1.40. The van der Waals surface area contributed by atoms with Crippen LogP contribution in [0.5, 0.6) is 0 Å². The third kappa shape index (κ3) is 5.18. The highest BCUT2D eigenvalue weighted by atomic mass is 19.2. The number of hydrogen-bond acceptors (Lipinski definition) is 4. The summed E-state index contributed by atoms with van der Waals surface area (Å²) >= 11 is 0. The molecule has 1 atom stereocenters. The first-order valence-corrected chi connectivity index (χ1v) is 12.0. The van der Waals surface area contributed by atoms with Crippen LogP contribution in [0.1, 0.15) is 45.6 Å². The summed E-state index contributed by atoms with van der Waals surface area (Å²) in [5.74, 6) is -1.86. The molecule has 1 aromatic heterocycles. The van der Waals surface area contributed by atoms with Gasteiger partial charge in [-0.1, -0.05) is 26.7 Å². The van der Waals surface area contributed by atoms with E-state index in [1.807, 2.05) is 23.6 Å². The van der Waals surface area contributed by atoms with Gasteiger partial charge in [0.2, 0.25) is 11.8 Å². The number of amides is 2. The Morgan fingerprint density at radius 2 is 1.55 bits per heavy atom. The van der Waals surface area contributed by atoms with Gasteiger partial charge in [0, 0.05) is 51.4 Å². The van der Waals surface area contributed by atoms with Crippen LogP contribution in [0.4, 0.5) is 8.78 Å². The number of piperazine rings is 1. The maximum Gasteiger partial charge on any atom is 0.246 e. The third-order valence-corrected chi connectivity index (χ3v) is 6.80. The number of aromatic nitrogens is 2. The van der Waals surface area contributed by atoms with Crippen molar-refractivity contribution in [1.82, 2.24) is 24.3 Å². The minimum Gasteiger partial charge on any atom is -0.342 e. The van der Waals surface area contributed by atoms with Gasteiger partial charge in [-0.25, -0.2) is 13.8 Å². The van der Waals surface area contributed by atoms with Gasteiger partial charge < -0.3 is 14.4 Å². The molecule has 0 N–H and O–H groups in total. The van der Waals surface area contributed by atoms with E-state index in [0.29, 0.717) is 43.8 Å². The number of imidazole rings is 1. The van der Waals surface area contributed by atoms with E-state index in [1.165, 1.54) is 19.2 Å². The topological polar surface area (TPSA) is 61.7 Å². The van der Waals surface area contributed by atoms with Crippen molar-refractivity contribution in [2.45, 2.75) is 45.6 Å². The van der Waals surface area contributed by atoms with E-state index in [2.05, 4.69) is 9.88 Å². The summed E-state index contributed by atoms with van der Waals surface area (Å²) in [5.41, 5.74) is 0.729. The monoisotopic (exact) mass is 461 g/mol. The van der Waals surface area contributed by atoms with Crippen molar-refractivity contribution in [1.29, 1.82) is 0 Å². The molecule has 1 aromatic carbocycles. The zero-order valence-corrected chi connectivity index (χ0v) is 19.5. The van der Waals surface area contributed by atoms with Gasteiger partial charge in [-0.05, 0) is 18.8 Å². The Morgan fingerprint density at radius 3 is 2.18 bits per heavy atom. The lowest BCUT2D eigenvalue weighted by atomic mass is 10.0. The average molecular weight is 462 g/mol. The highest BCUT2D eigenvalue weighted by molar-refractivity contribution is 5.84. The number of rotatable bonds is 5. The number of carbonyl (C=O) groups is 2. The van der Waals surface area contributed by atoms with Crippen LogP contribution in [0.3, 0.4) is 0 Å². The van der Waals surface area contributed by atoms with Gasteiger partial charge in [0.05, 0.1) is 23.9 Å². The summed E-state index contributed by atoms with van der Waals surface area (Å²) in [4.78, 5) is 36.2. The Kier molecular flexibility index (Phi) is 7.26. The minimum atomic E-state index is -0.957. The molecule has 2 amide bonds. The second-order valence-corrected chi connectivity index (χ2v) is 9.49. The van der Waals surface area contributed by atoms with Crippen molar-refractivity contribution in [3.63, 3.8) is 0 Å². The first-order valence-electron chi connectivity index (χ1n) is 12.0. The molecular weight excluding hydrogens is 428 g/mol. The molecule has 0 saturated carbocycles. The predicted octanol–water partition coefficient (Wildman–Crippen LogP) is 3.06. The van der Waals surface area contributed by atoms with Gasteiger partial charge in [-0.2, -0.15) is 0 Å². The number of benzene rings is 1. The van der Waals surface area contributed by atoms with Gasteiger partial charge >= 0.3 is 0 Å². The van der Waals surface area contributed by atoms with Crippen molar-refractivity contribution in [2.24, 2.45) is 5.92 Å². The van der Waals surface area contributed by atoms with Gasteiger partial charge in [0.1, 0.15) is 6.04 Å². The first kappa shape index (κ1) is 23.6. The normalized spacial score (nSPS) is 19.2. The maximum absolute atomic E-state index is 13.9. The number of hydrogen-bond donors (Lipinski definition) is 0. The molecule has 2 aliphatic rings. The Labute approximate surface area is 193 Å². The minimum absolute atomic E-state index is 0.0625. The van der Waals surface area contributed by atoms with E-state index in [0.717, 1.165) is 38.1 Å². The Morgan fingerprint density at radius 1 is 0.909 bits per heavy atom. The lowest BCUT2D eigenvalue weighted by Crippen LogP contribution is -2.53. The number of nitrogens with zero attached hydrogens (tertiary/aromatic N) is 5. The summed E-state index contributed by atoms with van der Waals surface area (Å²) in [6.07, 6.45) is 6.02. The molecular formula is C24H33F2N5O2. The Hall–Kier alpha value is -2.55. The molecule has 2 aromatic rings. The molecule has 7 nitrogen and oxygen atoms in total. The van der Waals surface area contributed by atoms with Crippen LogP contribution in [0.15, 0.2) is 18.5 Å². The molecule has 0 bridgehead atoms. The fourth-order valence-corrected chi connectivity index (χ4v) is 4.89. The van der Waals surface area contributed by atoms with E-state index in [1.54, 1.807) is 4.57 Å². The number of fused-ring (bicyclic) bond motifs is 1. The van der Waals surface area contributed by atoms with Crippen molar-refractivity contribution < 1.29 is 18.4 Å². The maximum atomic E-state index is 13.9. The first-order chi connectivity index (χ1) is 15.8. The van der Waals surface area contributed by atoms with Crippen LogP contribution in [0.2, 0.25) is 0 Å². The van der Waals surface area contributed by atoms with Crippen molar-refractivity contribution in [3.8, 4) is 0 Å². The second kappa shape index (κ2) is 10.2. The van der Waals surface area contributed by atoms with Crippen LogP contribution < -0.4 is 0 Å². The zero-order valence-electron chi connectivity index (χ0n) is 19.5. The van der Waals surface area contributed by atoms with Gasteiger partial charge in [-0.3, -0.25) is 14.5 Å². The molecule has 2 aliphatic heterocycles. The van der Waals surface area contributed by atoms with Crippen molar-refractivity contribution in [3.05, 3.63) is 30.1 Å². The van der Waals surface area contributed by atoms with Crippen molar-refractivity contribution >= 4 is 22.8 Å². The molecule has 9 heteroatoms. The van der Waals surface area contributed by atoms with Crippen molar-refractivity contribution in [2.75, 3.05) is 45.8 Å². The predicted molar refractivity (Wildman–Crippen MR) is 122 cm³/mol. The van der Waals surface area contributed by atoms with E-state index in [4.69, 9.17) is 0 Å². The highest BCUT2D eigenvalue weighted by Crippen LogP contribution is 2.27. The summed E-state index contributed by atoms with van der Waals surface area (Å²) in [6, 6.07) is 1.60. The summed E-state index contributed by atoms with van der Waals surface area (Å²) in [7, 11) is 0. The van der Waals surface area contributed by atoms with E-state index >= 15 is 0 Å². The van der Waals surface area contributed by atoms with Gasteiger partial charge in [-0.15, -0.1) is 0 Å². The number of carbonyl (C=O) groups excluding carboxylic acids is 2. The lowest BCUT2D eigenvalue weighted by Gasteiger charge is -2.37.